The van der Waals surface area contributed by atoms with Gasteiger partial charge in [0.1, 0.15) is 17.9 Å². The van der Waals surface area contributed by atoms with Crippen molar-refractivity contribution >= 4 is 64.4 Å². The molecule has 0 unspecified atom stereocenters. The third kappa shape index (κ3) is 4.38. The Morgan fingerprint density at radius 3 is 2.52 bits per heavy atom. The topological polar surface area (TPSA) is 75.7 Å². The van der Waals surface area contributed by atoms with Crippen molar-refractivity contribution in [2.75, 3.05) is 11.5 Å². The fraction of sp³-hybridized carbons (Fsp3) is 0.0500. The van der Waals surface area contributed by atoms with Crippen LogP contribution in [0.4, 0.5) is 10.5 Å². The number of ether oxygens (including phenoxy) is 1. The number of hydrogen-bond donors (Lipinski definition) is 1. The largest absolute Gasteiger partial charge is 0.480 e. The van der Waals surface area contributed by atoms with E-state index in [1.807, 2.05) is 0 Å². The zero-order valence-electron chi connectivity index (χ0n) is 14.5. The summed E-state index contributed by atoms with van der Waals surface area (Å²) in [4.78, 5) is 38.3. The number of hydrogen-bond acceptors (Lipinski definition) is 4. The lowest BCUT2D eigenvalue weighted by atomic mass is 10.1. The van der Waals surface area contributed by atoms with Crippen molar-refractivity contribution in [1.82, 2.24) is 5.32 Å². The quantitative estimate of drug-likeness (QED) is 0.428. The van der Waals surface area contributed by atoms with Crippen molar-refractivity contribution in [3.63, 3.8) is 0 Å². The van der Waals surface area contributed by atoms with E-state index >= 15 is 0 Å². The molecule has 1 N–H and O–H groups in total. The van der Waals surface area contributed by atoms with Gasteiger partial charge in [-0.1, -0.05) is 40.7 Å². The predicted molar refractivity (Wildman–Crippen MR) is 111 cm³/mol. The SMILES string of the molecule is C#CCOc1ccc(Cl)cc1/C=C1\C(=O)NC(=O)N(c2ccc(Cl)c(Cl)c2)C1=O. The Labute approximate surface area is 181 Å². The number of amides is 4. The second-order valence-electron chi connectivity index (χ2n) is 5.73. The highest BCUT2D eigenvalue weighted by Gasteiger charge is 2.37. The van der Waals surface area contributed by atoms with Crippen molar-refractivity contribution in [3.05, 3.63) is 62.6 Å². The minimum atomic E-state index is -0.912. The molecule has 4 amide bonds. The number of imide groups is 2. The Morgan fingerprint density at radius 1 is 1.07 bits per heavy atom. The first-order valence-electron chi connectivity index (χ1n) is 8.04. The summed E-state index contributed by atoms with van der Waals surface area (Å²) < 4.78 is 5.42. The molecule has 0 radical (unpaired) electrons. The van der Waals surface area contributed by atoms with Gasteiger partial charge < -0.3 is 4.74 Å². The van der Waals surface area contributed by atoms with E-state index < -0.39 is 17.8 Å². The number of carbonyl (C=O) groups is 3. The molecule has 0 aromatic heterocycles. The molecule has 0 spiro atoms. The molecule has 1 fully saturated rings. The second kappa shape index (κ2) is 8.58. The van der Waals surface area contributed by atoms with Crippen LogP contribution >= 0.6 is 34.8 Å². The van der Waals surface area contributed by atoms with Gasteiger partial charge in [0.15, 0.2) is 0 Å². The fourth-order valence-electron chi connectivity index (χ4n) is 2.55. The summed E-state index contributed by atoms with van der Waals surface area (Å²) in [6.45, 7) is -0.0220. The van der Waals surface area contributed by atoms with E-state index in [0.29, 0.717) is 16.3 Å². The van der Waals surface area contributed by atoms with Gasteiger partial charge in [-0.25, -0.2) is 9.69 Å². The summed E-state index contributed by atoms with van der Waals surface area (Å²) in [5.74, 6) is 0.934. The Balaban J connectivity index is 2.05. The Morgan fingerprint density at radius 2 is 1.83 bits per heavy atom. The van der Waals surface area contributed by atoms with Crippen LogP contribution < -0.4 is 15.0 Å². The van der Waals surface area contributed by atoms with Crippen LogP contribution in [0.3, 0.4) is 0 Å². The molecular formula is C20H11Cl3N2O4. The van der Waals surface area contributed by atoms with Crippen LogP contribution in [-0.2, 0) is 9.59 Å². The zero-order chi connectivity index (χ0) is 21.1. The number of rotatable bonds is 4. The zero-order valence-corrected chi connectivity index (χ0v) is 16.8. The first-order chi connectivity index (χ1) is 13.8. The van der Waals surface area contributed by atoms with E-state index in [1.165, 1.54) is 30.3 Å². The van der Waals surface area contributed by atoms with Gasteiger partial charge in [0.25, 0.3) is 11.8 Å². The Hall–Kier alpha value is -2.98. The predicted octanol–water partition coefficient (Wildman–Crippen LogP) is 4.33. The molecule has 1 aliphatic rings. The molecule has 9 heteroatoms. The maximum Gasteiger partial charge on any atom is 0.335 e. The number of terminal acetylenes is 1. The van der Waals surface area contributed by atoms with E-state index in [4.69, 9.17) is 46.0 Å². The molecule has 0 aliphatic carbocycles. The van der Waals surface area contributed by atoms with E-state index in [2.05, 4.69) is 11.2 Å². The van der Waals surface area contributed by atoms with Crippen LogP contribution in [0.25, 0.3) is 6.08 Å². The van der Waals surface area contributed by atoms with Crippen LogP contribution in [0.2, 0.25) is 15.1 Å². The van der Waals surface area contributed by atoms with Gasteiger partial charge in [-0.2, -0.15) is 0 Å². The molecule has 146 valence electrons. The molecule has 1 saturated heterocycles. The smallest absolute Gasteiger partial charge is 0.335 e. The highest BCUT2D eigenvalue weighted by molar-refractivity contribution is 6.43. The van der Waals surface area contributed by atoms with E-state index in [1.54, 1.807) is 12.1 Å². The Bertz CT molecular complexity index is 1110. The lowest BCUT2D eigenvalue weighted by Gasteiger charge is -2.26. The number of nitrogens with zero attached hydrogens (tertiary/aromatic N) is 1. The maximum absolute atomic E-state index is 13.0. The summed E-state index contributed by atoms with van der Waals surface area (Å²) in [7, 11) is 0. The van der Waals surface area contributed by atoms with Gasteiger partial charge in [0, 0.05) is 10.6 Å². The summed E-state index contributed by atoms with van der Waals surface area (Å²) in [5, 5.41) is 2.87. The first-order valence-corrected chi connectivity index (χ1v) is 9.17. The van der Waals surface area contributed by atoms with E-state index in [9.17, 15) is 14.4 Å². The maximum atomic E-state index is 13.0. The summed E-state index contributed by atoms with van der Waals surface area (Å²) in [5.41, 5.74) is 0.188. The number of halogens is 3. The van der Waals surface area contributed by atoms with Crippen molar-refractivity contribution in [3.8, 4) is 18.1 Å². The minimum Gasteiger partial charge on any atom is -0.480 e. The normalized spacial score (nSPS) is 15.3. The highest BCUT2D eigenvalue weighted by atomic mass is 35.5. The van der Waals surface area contributed by atoms with Crippen molar-refractivity contribution in [1.29, 1.82) is 0 Å². The van der Waals surface area contributed by atoms with Crippen LogP contribution in [0.1, 0.15) is 5.56 Å². The summed E-state index contributed by atoms with van der Waals surface area (Å²) in [6, 6.07) is 7.92. The minimum absolute atomic E-state index is 0.0220. The third-order valence-electron chi connectivity index (χ3n) is 3.85. The van der Waals surface area contributed by atoms with Gasteiger partial charge in [-0.05, 0) is 42.5 Å². The molecule has 3 rings (SSSR count). The van der Waals surface area contributed by atoms with Gasteiger partial charge in [0.05, 0.1) is 15.7 Å². The van der Waals surface area contributed by atoms with Gasteiger partial charge in [-0.15, -0.1) is 6.42 Å². The molecule has 29 heavy (non-hydrogen) atoms. The molecule has 0 bridgehead atoms. The number of nitrogens with one attached hydrogen (secondary N) is 1. The molecule has 1 heterocycles. The Kier molecular flexibility index (Phi) is 6.14. The van der Waals surface area contributed by atoms with Crippen molar-refractivity contribution in [2.45, 2.75) is 0 Å². The van der Waals surface area contributed by atoms with Gasteiger partial charge in [0.2, 0.25) is 0 Å². The number of carbonyl (C=O) groups excluding carboxylic acids is 3. The fourth-order valence-corrected chi connectivity index (χ4v) is 3.03. The number of anilines is 1. The van der Waals surface area contributed by atoms with Crippen molar-refractivity contribution in [2.24, 2.45) is 0 Å². The molecular weight excluding hydrogens is 439 g/mol. The third-order valence-corrected chi connectivity index (χ3v) is 4.82. The van der Waals surface area contributed by atoms with Crippen LogP contribution in [0.5, 0.6) is 5.75 Å². The molecule has 2 aromatic carbocycles. The standard InChI is InChI=1S/C20H11Cl3N2O4/c1-2-7-29-17-6-3-12(21)8-11(17)9-14-18(26)24-20(28)25(19(14)27)13-4-5-15(22)16(23)10-13/h1,3-6,8-10H,7H2,(H,24,26,28)/b14-9+. The summed E-state index contributed by atoms with van der Waals surface area (Å²) in [6.07, 6.45) is 6.48. The monoisotopic (exact) mass is 448 g/mol. The average molecular weight is 450 g/mol. The number of barbiturate groups is 1. The van der Waals surface area contributed by atoms with E-state index in [0.717, 1.165) is 4.90 Å². The number of benzene rings is 2. The molecule has 2 aromatic rings. The lowest BCUT2D eigenvalue weighted by Crippen LogP contribution is -2.54. The van der Waals surface area contributed by atoms with E-state index in [-0.39, 0.29) is 27.9 Å². The average Bonchev–Trinajstić information content (AvgIpc) is 2.67. The van der Waals surface area contributed by atoms with Crippen molar-refractivity contribution < 1.29 is 19.1 Å². The molecule has 0 atom stereocenters. The molecule has 0 saturated carbocycles. The summed E-state index contributed by atoms with van der Waals surface area (Å²) >= 11 is 17.9. The van der Waals surface area contributed by atoms with Gasteiger partial charge in [-0.3, -0.25) is 14.9 Å². The molecule has 1 aliphatic heterocycles. The molecule has 6 nitrogen and oxygen atoms in total. The highest BCUT2D eigenvalue weighted by Crippen LogP contribution is 2.31. The van der Waals surface area contributed by atoms with Crippen LogP contribution in [-0.4, -0.2) is 24.5 Å². The van der Waals surface area contributed by atoms with Crippen LogP contribution in [0.15, 0.2) is 42.0 Å². The van der Waals surface area contributed by atoms with Crippen LogP contribution in [0, 0.1) is 12.3 Å². The first kappa shape index (κ1) is 20.7. The lowest BCUT2D eigenvalue weighted by molar-refractivity contribution is -0.122. The van der Waals surface area contributed by atoms with Gasteiger partial charge >= 0.3 is 6.03 Å². The number of urea groups is 1. The second-order valence-corrected chi connectivity index (χ2v) is 6.98.